The Morgan fingerprint density at radius 2 is 1.94 bits per heavy atom. The third kappa shape index (κ3) is 2.25. The van der Waals surface area contributed by atoms with Gasteiger partial charge in [0.1, 0.15) is 5.75 Å². The summed E-state index contributed by atoms with van der Waals surface area (Å²) in [6, 6.07) is 6.54. The summed E-state index contributed by atoms with van der Waals surface area (Å²) in [6.45, 7) is 7.75. The van der Waals surface area contributed by atoms with Crippen molar-refractivity contribution in [3.8, 4) is 5.75 Å². The molecule has 0 spiro atoms. The van der Waals surface area contributed by atoms with Crippen molar-refractivity contribution in [1.82, 2.24) is 9.80 Å². The summed E-state index contributed by atoms with van der Waals surface area (Å²) in [5.74, 6) is 0.967. The molecule has 0 aliphatic carbocycles. The highest BCUT2D eigenvalue weighted by Gasteiger charge is 2.35. The van der Waals surface area contributed by atoms with Gasteiger partial charge in [0.2, 0.25) is 0 Å². The summed E-state index contributed by atoms with van der Waals surface area (Å²) in [5.41, 5.74) is 2.66. The van der Waals surface area contributed by atoms with Gasteiger partial charge in [-0.3, -0.25) is 4.90 Å². The predicted octanol–water partition coefficient (Wildman–Crippen LogP) is 2.10. The minimum atomic E-state index is 0.0873. The van der Waals surface area contributed by atoms with Gasteiger partial charge in [0, 0.05) is 19.6 Å². The van der Waals surface area contributed by atoms with Crippen molar-refractivity contribution in [2.45, 2.75) is 19.4 Å². The average molecular weight is 248 g/mol. The lowest BCUT2D eigenvalue weighted by molar-refractivity contribution is 0.0379. The second kappa shape index (κ2) is 4.90. The van der Waals surface area contributed by atoms with Crippen LogP contribution in [-0.4, -0.2) is 50.6 Å². The zero-order chi connectivity index (χ0) is 13.3. The van der Waals surface area contributed by atoms with Gasteiger partial charge < -0.3 is 9.64 Å². The van der Waals surface area contributed by atoms with Crippen LogP contribution in [0.4, 0.5) is 0 Å². The first-order valence-electron chi connectivity index (χ1n) is 6.52. The monoisotopic (exact) mass is 248 g/mol. The van der Waals surface area contributed by atoms with E-state index in [0.717, 1.165) is 25.4 Å². The molecule has 1 aliphatic heterocycles. The van der Waals surface area contributed by atoms with Crippen molar-refractivity contribution >= 4 is 0 Å². The van der Waals surface area contributed by atoms with E-state index in [2.05, 4.69) is 55.9 Å². The highest BCUT2D eigenvalue weighted by Crippen LogP contribution is 2.33. The number of piperazine rings is 1. The third-order valence-corrected chi connectivity index (χ3v) is 4.25. The molecule has 1 saturated heterocycles. The van der Waals surface area contributed by atoms with Crippen molar-refractivity contribution in [2.24, 2.45) is 0 Å². The molecule has 2 rings (SSSR count). The Morgan fingerprint density at radius 3 is 2.56 bits per heavy atom. The topological polar surface area (TPSA) is 15.7 Å². The lowest BCUT2D eigenvalue weighted by Gasteiger charge is -2.47. The fraction of sp³-hybridized carbons (Fsp3) is 0.600. The number of rotatable bonds is 2. The summed E-state index contributed by atoms with van der Waals surface area (Å²) < 4.78 is 5.34. The molecule has 0 saturated carbocycles. The molecule has 3 heteroatoms. The van der Waals surface area contributed by atoms with Crippen LogP contribution in [-0.2, 0) is 5.54 Å². The summed E-state index contributed by atoms with van der Waals surface area (Å²) in [5, 5.41) is 0. The average Bonchev–Trinajstić information content (AvgIpc) is 2.34. The zero-order valence-electron chi connectivity index (χ0n) is 12.2. The van der Waals surface area contributed by atoms with Crippen LogP contribution in [0.25, 0.3) is 0 Å². The number of nitrogens with zero attached hydrogens (tertiary/aromatic N) is 2. The largest absolute Gasteiger partial charge is 0.496 e. The van der Waals surface area contributed by atoms with E-state index in [1.165, 1.54) is 11.1 Å². The molecular weight excluding hydrogens is 224 g/mol. The lowest BCUT2D eigenvalue weighted by Crippen LogP contribution is -2.56. The Bertz CT molecular complexity index is 433. The number of likely N-dealkylation sites (N-methyl/N-ethyl adjacent to an activating group) is 2. The molecular formula is C15H24N2O. The maximum absolute atomic E-state index is 5.34. The van der Waals surface area contributed by atoms with Gasteiger partial charge in [-0.2, -0.15) is 0 Å². The smallest absolute Gasteiger partial charge is 0.121 e. The zero-order valence-corrected chi connectivity index (χ0v) is 12.2. The Kier molecular flexibility index (Phi) is 3.64. The van der Waals surface area contributed by atoms with Crippen molar-refractivity contribution in [3.63, 3.8) is 0 Å². The SMILES string of the molecule is COc1ccc(C2(C)CN(C)CCN2C)cc1C. The molecule has 1 aliphatic rings. The maximum Gasteiger partial charge on any atom is 0.121 e. The summed E-state index contributed by atoms with van der Waals surface area (Å²) in [7, 11) is 6.14. The molecule has 3 nitrogen and oxygen atoms in total. The molecule has 1 heterocycles. The Labute approximate surface area is 110 Å². The normalized spacial score (nSPS) is 26.3. The number of ether oxygens (including phenoxy) is 1. The van der Waals surface area contributed by atoms with Crippen LogP contribution < -0.4 is 4.74 Å². The van der Waals surface area contributed by atoms with Crippen LogP contribution in [0.5, 0.6) is 5.75 Å². The van der Waals surface area contributed by atoms with Crippen LogP contribution in [0, 0.1) is 6.92 Å². The van der Waals surface area contributed by atoms with Crippen LogP contribution >= 0.6 is 0 Å². The first-order valence-corrected chi connectivity index (χ1v) is 6.52. The third-order valence-electron chi connectivity index (χ3n) is 4.25. The van der Waals surface area contributed by atoms with Gasteiger partial charge in [0.05, 0.1) is 12.6 Å². The van der Waals surface area contributed by atoms with E-state index in [-0.39, 0.29) is 5.54 Å². The quantitative estimate of drug-likeness (QED) is 0.797. The minimum Gasteiger partial charge on any atom is -0.496 e. The second-order valence-corrected chi connectivity index (χ2v) is 5.62. The molecule has 1 unspecified atom stereocenters. The molecule has 0 radical (unpaired) electrons. The molecule has 1 fully saturated rings. The van der Waals surface area contributed by atoms with Gasteiger partial charge in [0.15, 0.2) is 0 Å². The Hall–Kier alpha value is -1.06. The van der Waals surface area contributed by atoms with E-state index in [0.29, 0.717) is 0 Å². The standard InChI is InChI=1S/C15H24N2O/c1-12-10-13(6-7-14(12)18-5)15(2)11-16(3)8-9-17(15)4/h6-7,10H,8-9,11H2,1-5H3. The number of hydrogen-bond donors (Lipinski definition) is 0. The molecule has 1 aromatic rings. The number of benzene rings is 1. The van der Waals surface area contributed by atoms with Crippen molar-refractivity contribution in [3.05, 3.63) is 29.3 Å². The van der Waals surface area contributed by atoms with Crippen molar-refractivity contribution < 1.29 is 4.74 Å². The number of methoxy groups -OCH3 is 1. The van der Waals surface area contributed by atoms with Gasteiger partial charge in [-0.05, 0) is 45.1 Å². The first-order chi connectivity index (χ1) is 8.47. The summed E-state index contributed by atoms with van der Waals surface area (Å²) >= 11 is 0. The van der Waals surface area contributed by atoms with Crippen LogP contribution in [0.2, 0.25) is 0 Å². The minimum absolute atomic E-state index is 0.0873. The lowest BCUT2D eigenvalue weighted by atomic mass is 9.87. The van der Waals surface area contributed by atoms with Gasteiger partial charge in [-0.1, -0.05) is 12.1 Å². The number of aryl methyl sites for hydroxylation is 1. The van der Waals surface area contributed by atoms with Crippen molar-refractivity contribution in [2.75, 3.05) is 40.8 Å². The number of hydrogen-bond acceptors (Lipinski definition) is 3. The van der Waals surface area contributed by atoms with E-state index >= 15 is 0 Å². The fourth-order valence-electron chi connectivity index (χ4n) is 2.82. The molecule has 1 aromatic carbocycles. The van der Waals surface area contributed by atoms with Gasteiger partial charge >= 0.3 is 0 Å². The van der Waals surface area contributed by atoms with Gasteiger partial charge in [0.25, 0.3) is 0 Å². The first kappa shape index (κ1) is 13.4. The molecule has 1 atom stereocenters. The molecule has 18 heavy (non-hydrogen) atoms. The Morgan fingerprint density at radius 1 is 1.22 bits per heavy atom. The van der Waals surface area contributed by atoms with Gasteiger partial charge in [-0.25, -0.2) is 0 Å². The van der Waals surface area contributed by atoms with E-state index in [1.807, 2.05) is 0 Å². The maximum atomic E-state index is 5.34. The molecule has 0 bridgehead atoms. The van der Waals surface area contributed by atoms with Crippen molar-refractivity contribution in [1.29, 1.82) is 0 Å². The van der Waals surface area contributed by atoms with E-state index in [9.17, 15) is 0 Å². The predicted molar refractivity (Wildman–Crippen MR) is 75.2 cm³/mol. The van der Waals surface area contributed by atoms with Crippen LogP contribution in [0.3, 0.4) is 0 Å². The molecule has 100 valence electrons. The molecule has 0 N–H and O–H groups in total. The molecule has 0 aromatic heterocycles. The van der Waals surface area contributed by atoms with Crippen LogP contribution in [0.1, 0.15) is 18.1 Å². The second-order valence-electron chi connectivity index (χ2n) is 5.62. The summed E-state index contributed by atoms with van der Waals surface area (Å²) in [6.07, 6.45) is 0. The van der Waals surface area contributed by atoms with E-state index in [4.69, 9.17) is 4.74 Å². The van der Waals surface area contributed by atoms with Gasteiger partial charge in [-0.15, -0.1) is 0 Å². The highest BCUT2D eigenvalue weighted by atomic mass is 16.5. The Balaban J connectivity index is 2.36. The summed E-state index contributed by atoms with van der Waals surface area (Å²) in [4.78, 5) is 4.85. The fourth-order valence-corrected chi connectivity index (χ4v) is 2.82. The van der Waals surface area contributed by atoms with E-state index in [1.54, 1.807) is 7.11 Å². The highest BCUT2D eigenvalue weighted by molar-refractivity contribution is 5.39. The van der Waals surface area contributed by atoms with E-state index < -0.39 is 0 Å². The van der Waals surface area contributed by atoms with Crippen LogP contribution in [0.15, 0.2) is 18.2 Å². The molecule has 0 amide bonds.